The van der Waals surface area contributed by atoms with E-state index < -0.39 is 0 Å². The summed E-state index contributed by atoms with van der Waals surface area (Å²) in [4.78, 5) is 6.70. The van der Waals surface area contributed by atoms with Crippen molar-refractivity contribution in [3.63, 3.8) is 0 Å². The molecule has 1 unspecified atom stereocenters. The van der Waals surface area contributed by atoms with E-state index in [2.05, 4.69) is 9.88 Å². The van der Waals surface area contributed by atoms with Gasteiger partial charge in [0.1, 0.15) is 4.99 Å². The van der Waals surface area contributed by atoms with Gasteiger partial charge in [0.05, 0.1) is 23.7 Å². The Morgan fingerprint density at radius 2 is 2.47 bits per heavy atom. The van der Waals surface area contributed by atoms with Gasteiger partial charge in [0.2, 0.25) is 0 Å². The number of pyridine rings is 1. The molecule has 17 heavy (non-hydrogen) atoms. The molecule has 1 atom stereocenters. The molecule has 1 fully saturated rings. The molecular weight excluding hydrogens is 234 g/mol. The molecule has 0 aromatic carbocycles. The third-order valence-corrected chi connectivity index (χ3v) is 3.15. The van der Waals surface area contributed by atoms with Gasteiger partial charge in [0.15, 0.2) is 0 Å². The Bertz CT molecular complexity index is 387. The van der Waals surface area contributed by atoms with Gasteiger partial charge in [-0.3, -0.25) is 4.98 Å². The summed E-state index contributed by atoms with van der Waals surface area (Å²) < 4.78 is 5.60. The molecule has 0 saturated carbocycles. The van der Waals surface area contributed by atoms with Gasteiger partial charge in [-0.05, 0) is 25.0 Å². The van der Waals surface area contributed by atoms with E-state index in [9.17, 15) is 0 Å². The van der Waals surface area contributed by atoms with Crippen molar-refractivity contribution in [1.29, 1.82) is 0 Å². The van der Waals surface area contributed by atoms with Gasteiger partial charge < -0.3 is 15.4 Å². The van der Waals surface area contributed by atoms with Gasteiger partial charge in [-0.25, -0.2) is 0 Å². The van der Waals surface area contributed by atoms with E-state index in [4.69, 9.17) is 22.7 Å². The monoisotopic (exact) mass is 251 g/mol. The zero-order valence-electron chi connectivity index (χ0n) is 9.93. The lowest BCUT2D eigenvalue weighted by Gasteiger charge is -2.22. The molecule has 1 saturated heterocycles. The average molecular weight is 251 g/mol. The van der Waals surface area contributed by atoms with Crippen molar-refractivity contribution in [1.82, 2.24) is 4.98 Å². The molecule has 5 heteroatoms. The Balaban J connectivity index is 1.98. The summed E-state index contributed by atoms with van der Waals surface area (Å²) in [5, 5.41) is 0. The third kappa shape index (κ3) is 3.14. The first-order valence-corrected chi connectivity index (χ1v) is 6.16. The van der Waals surface area contributed by atoms with E-state index in [-0.39, 0.29) is 0 Å². The maximum atomic E-state index is 5.60. The first kappa shape index (κ1) is 12.3. The predicted molar refractivity (Wildman–Crippen MR) is 72.4 cm³/mol. The second kappa shape index (κ2) is 5.42. The van der Waals surface area contributed by atoms with Crippen molar-refractivity contribution in [2.45, 2.75) is 18.9 Å². The maximum absolute atomic E-state index is 5.60. The molecule has 0 aliphatic carbocycles. The topological polar surface area (TPSA) is 51.4 Å². The second-order valence-corrected chi connectivity index (χ2v) is 4.72. The number of nitrogens with two attached hydrogens (primary N) is 1. The lowest BCUT2D eigenvalue weighted by Crippen LogP contribution is -2.28. The van der Waals surface area contributed by atoms with Crippen LogP contribution >= 0.6 is 12.2 Å². The lowest BCUT2D eigenvalue weighted by atomic mass is 10.2. The van der Waals surface area contributed by atoms with Crippen LogP contribution in [0.3, 0.4) is 0 Å². The first-order chi connectivity index (χ1) is 8.16. The standard InChI is InChI=1S/C12H17N3OS/c1-15(8-10-3-2-6-16-10)9-4-5-11(12(13)17)14-7-9/h4-5,7,10H,2-3,6,8H2,1H3,(H2,13,17). The van der Waals surface area contributed by atoms with Crippen molar-refractivity contribution in [3.05, 3.63) is 24.0 Å². The third-order valence-electron chi connectivity index (χ3n) is 2.94. The van der Waals surface area contributed by atoms with Crippen molar-refractivity contribution in [2.24, 2.45) is 5.73 Å². The summed E-state index contributed by atoms with van der Waals surface area (Å²) in [5.74, 6) is 0. The Labute approximate surface area is 107 Å². The van der Waals surface area contributed by atoms with Crippen LogP contribution in [0.15, 0.2) is 18.3 Å². The summed E-state index contributed by atoms with van der Waals surface area (Å²) >= 11 is 4.87. The van der Waals surface area contributed by atoms with E-state index in [1.54, 1.807) is 6.20 Å². The number of likely N-dealkylation sites (N-methyl/N-ethyl adjacent to an activating group) is 1. The van der Waals surface area contributed by atoms with Gasteiger partial charge in [0.25, 0.3) is 0 Å². The molecule has 1 aromatic heterocycles. The zero-order valence-corrected chi connectivity index (χ0v) is 10.7. The normalized spacial score (nSPS) is 19.2. The Morgan fingerprint density at radius 1 is 1.65 bits per heavy atom. The fraction of sp³-hybridized carbons (Fsp3) is 0.500. The minimum absolute atomic E-state index is 0.332. The Kier molecular flexibility index (Phi) is 3.91. The molecule has 1 aromatic rings. The molecule has 0 radical (unpaired) electrons. The number of ether oxygens (including phenoxy) is 1. The van der Waals surface area contributed by atoms with Crippen LogP contribution in [0.5, 0.6) is 0 Å². The summed E-state index contributed by atoms with van der Waals surface area (Å²) in [5.41, 5.74) is 7.22. The highest BCUT2D eigenvalue weighted by molar-refractivity contribution is 7.80. The molecule has 2 heterocycles. The van der Waals surface area contributed by atoms with Crippen LogP contribution < -0.4 is 10.6 Å². The summed E-state index contributed by atoms with van der Waals surface area (Å²) in [6.45, 7) is 1.78. The van der Waals surface area contributed by atoms with E-state index in [0.29, 0.717) is 16.8 Å². The Hall–Kier alpha value is -1.20. The van der Waals surface area contributed by atoms with Gasteiger partial charge in [0, 0.05) is 20.2 Å². The summed E-state index contributed by atoms with van der Waals surface area (Å²) in [6, 6.07) is 3.83. The van der Waals surface area contributed by atoms with Crippen molar-refractivity contribution in [3.8, 4) is 0 Å². The van der Waals surface area contributed by atoms with Gasteiger partial charge in [-0.1, -0.05) is 12.2 Å². The van der Waals surface area contributed by atoms with Crippen molar-refractivity contribution >= 4 is 22.9 Å². The summed E-state index contributed by atoms with van der Waals surface area (Å²) in [6.07, 6.45) is 4.44. The fourth-order valence-corrected chi connectivity index (χ4v) is 2.08. The molecule has 0 amide bonds. The van der Waals surface area contributed by atoms with Crippen molar-refractivity contribution in [2.75, 3.05) is 25.1 Å². The number of thiocarbonyl (C=S) groups is 1. The number of anilines is 1. The van der Waals surface area contributed by atoms with Crippen LogP contribution in [-0.2, 0) is 4.74 Å². The molecule has 0 bridgehead atoms. The molecule has 1 aliphatic heterocycles. The molecule has 92 valence electrons. The highest BCUT2D eigenvalue weighted by Crippen LogP contribution is 2.17. The minimum atomic E-state index is 0.332. The zero-order chi connectivity index (χ0) is 12.3. The number of aromatic nitrogens is 1. The molecular formula is C12H17N3OS. The molecule has 2 N–H and O–H groups in total. The Morgan fingerprint density at radius 3 is 3.00 bits per heavy atom. The number of rotatable bonds is 4. The second-order valence-electron chi connectivity index (χ2n) is 4.28. The van der Waals surface area contributed by atoms with Crippen LogP contribution in [0.4, 0.5) is 5.69 Å². The highest BCUT2D eigenvalue weighted by atomic mass is 32.1. The molecule has 0 spiro atoms. The van der Waals surface area contributed by atoms with Crippen LogP contribution in [-0.4, -0.2) is 36.3 Å². The quantitative estimate of drug-likeness (QED) is 0.818. The first-order valence-electron chi connectivity index (χ1n) is 5.75. The molecule has 4 nitrogen and oxygen atoms in total. The average Bonchev–Trinajstić information content (AvgIpc) is 2.82. The SMILES string of the molecule is CN(CC1CCCO1)c1ccc(C(N)=S)nc1. The van der Waals surface area contributed by atoms with Crippen LogP contribution in [0.2, 0.25) is 0 Å². The fourth-order valence-electron chi connectivity index (χ4n) is 1.96. The largest absolute Gasteiger partial charge is 0.388 e. The smallest absolute Gasteiger partial charge is 0.122 e. The van der Waals surface area contributed by atoms with E-state index in [0.717, 1.165) is 31.7 Å². The minimum Gasteiger partial charge on any atom is -0.388 e. The number of nitrogens with zero attached hydrogens (tertiary/aromatic N) is 2. The number of hydrogen-bond donors (Lipinski definition) is 1. The van der Waals surface area contributed by atoms with Crippen molar-refractivity contribution < 1.29 is 4.74 Å². The maximum Gasteiger partial charge on any atom is 0.122 e. The molecule has 1 aliphatic rings. The lowest BCUT2D eigenvalue weighted by molar-refractivity contribution is 0.116. The predicted octanol–water partition coefficient (Wildman–Crippen LogP) is 1.33. The van der Waals surface area contributed by atoms with Gasteiger partial charge in [-0.2, -0.15) is 0 Å². The van der Waals surface area contributed by atoms with Gasteiger partial charge >= 0.3 is 0 Å². The van der Waals surface area contributed by atoms with Gasteiger partial charge in [-0.15, -0.1) is 0 Å². The molecule has 2 rings (SSSR count). The van der Waals surface area contributed by atoms with Crippen LogP contribution in [0.1, 0.15) is 18.5 Å². The van der Waals surface area contributed by atoms with E-state index >= 15 is 0 Å². The number of hydrogen-bond acceptors (Lipinski definition) is 4. The highest BCUT2D eigenvalue weighted by Gasteiger charge is 2.17. The van der Waals surface area contributed by atoms with E-state index in [1.807, 2.05) is 19.2 Å². The van der Waals surface area contributed by atoms with E-state index in [1.165, 1.54) is 0 Å². The van der Waals surface area contributed by atoms with Crippen LogP contribution in [0.25, 0.3) is 0 Å². The van der Waals surface area contributed by atoms with Crippen LogP contribution in [0, 0.1) is 0 Å². The summed E-state index contributed by atoms with van der Waals surface area (Å²) in [7, 11) is 2.04.